The maximum Gasteiger partial charge on any atom is 0.242 e. The molecule has 2 aliphatic rings. The number of piperidine rings is 1. The largest absolute Gasteiger partial charge is 0.352 e. The van der Waals surface area contributed by atoms with Gasteiger partial charge in [0.2, 0.25) is 5.91 Å². The lowest BCUT2D eigenvalue weighted by Gasteiger charge is -2.36. The molecular weight excluding hydrogens is 412 g/mol. The van der Waals surface area contributed by atoms with E-state index in [1.54, 1.807) is 0 Å². The van der Waals surface area contributed by atoms with Gasteiger partial charge in [-0.15, -0.1) is 0 Å². The van der Waals surface area contributed by atoms with Gasteiger partial charge in [-0.2, -0.15) is 0 Å². The average Bonchev–Trinajstić information content (AvgIpc) is 2.78. The third-order valence-corrected chi connectivity index (χ3v) is 7.76. The zero-order valence-electron chi connectivity index (χ0n) is 17.7. The number of rotatable bonds is 6. The lowest BCUT2D eigenvalue weighted by molar-refractivity contribution is -0.127. The van der Waals surface area contributed by atoms with E-state index < -0.39 is 15.9 Å². The highest BCUT2D eigenvalue weighted by molar-refractivity contribution is 7.91. The minimum absolute atomic E-state index is 0.0336. The first-order chi connectivity index (χ1) is 15.0. The number of hydrogen-bond acceptors (Lipinski definition) is 6. The smallest absolute Gasteiger partial charge is 0.242 e. The van der Waals surface area contributed by atoms with E-state index in [1.165, 1.54) is 0 Å². The van der Waals surface area contributed by atoms with Crippen molar-refractivity contribution >= 4 is 15.7 Å². The lowest BCUT2D eigenvalue weighted by Crippen LogP contribution is -2.51. The highest BCUT2D eigenvalue weighted by Gasteiger charge is 2.33. The van der Waals surface area contributed by atoms with Gasteiger partial charge in [0.05, 0.1) is 17.2 Å². The van der Waals surface area contributed by atoms with Gasteiger partial charge in [-0.3, -0.25) is 19.6 Å². The molecule has 2 fully saturated rings. The minimum atomic E-state index is -3.00. The van der Waals surface area contributed by atoms with Crippen LogP contribution >= 0.6 is 0 Å². The number of carbonyl (C=O) groups is 1. The number of hydrogen-bond donors (Lipinski definition) is 1. The molecule has 4 rings (SSSR count). The number of benzene rings is 1. The first-order valence-corrected chi connectivity index (χ1v) is 12.7. The summed E-state index contributed by atoms with van der Waals surface area (Å²) in [6, 6.07) is 15.3. The highest BCUT2D eigenvalue weighted by Crippen LogP contribution is 2.24. The molecule has 8 heteroatoms. The maximum absolute atomic E-state index is 13.3. The van der Waals surface area contributed by atoms with Gasteiger partial charge in [0.1, 0.15) is 6.04 Å². The van der Waals surface area contributed by atoms with Crippen molar-refractivity contribution in [2.75, 3.05) is 37.7 Å². The van der Waals surface area contributed by atoms with E-state index in [4.69, 9.17) is 0 Å². The predicted molar refractivity (Wildman–Crippen MR) is 120 cm³/mol. The Morgan fingerprint density at radius 2 is 1.68 bits per heavy atom. The Morgan fingerprint density at radius 1 is 1.00 bits per heavy atom. The fourth-order valence-electron chi connectivity index (χ4n) is 4.38. The number of amides is 1. The minimum Gasteiger partial charge on any atom is -0.352 e. The molecule has 3 heterocycles. The molecule has 0 aliphatic carbocycles. The van der Waals surface area contributed by atoms with E-state index in [9.17, 15) is 13.2 Å². The molecule has 0 radical (unpaired) electrons. The van der Waals surface area contributed by atoms with E-state index in [0.29, 0.717) is 13.1 Å². The molecule has 1 aromatic carbocycles. The first kappa shape index (κ1) is 21.9. The molecule has 2 saturated heterocycles. The molecule has 2 aromatic rings. The van der Waals surface area contributed by atoms with Gasteiger partial charge in [-0.25, -0.2) is 8.42 Å². The maximum atomic E-state index is 13.3. The van der Waals surface area contributed by atoms with Crippen molar-refractivity contribution < 1.29 is 13.2 Å². The summed E-state index contributed by atoms with van der Waals surface area (Å²) in [5.41, 5.74) is 1.97. The third-order valence-electron chi connectivity index (χ3n) is 6.15. The summed E-state index contributed by atoms with van der Waals surface area (Å²) < 4.78 is 23.7. The van der Waals surface area contributed by atoms with Crippen LogP contribution < -0.4 is 5.32 Å². The summed E-state index contributed by atoms with van der Waals surface area (Å²) in [5, 5.41) is 3.25. The Hall–Kier alpha value is -2.29. The third kappa shape index (κ3) is 5.90. The van der Waals surface area contributed by atoms with E-state index >= 15 is 0 Å². The average molecular weight is 443 g/mol. The predicted octanol–water partition coefficient (Wildman–Crippen LogP) is 1.63. The van der Waals surface area contributed by atoms with Crippen LogP contribution in [0.4, 0.5) is 0 Å². The van der Waals surface area contributed by atoms with Crippen LogP contribution in [-0.4, -0.2) is 72.8 Å². The van der Waals surface area contributed by atoms with Crippen LogP contribution in [0.15, 0.2) is 54.7 Å². The summed E-state index contributed by atoms with van der Waals surface area (Å²) in [4.78, 5) is 22.1. The fourth-order valence-corrected chi connectivity index (χ4v) is 5.61. The Balaban J connectivity index is 1.37. The van der Waals surface area contributed by atoms with E-state index in [1.807, 2.05) is 59.6 Å². The number of likely N-dealkylation sites (tertiary alicyclic amines) is 1. The Labute approximate surface area is 184 Å². The second-order valence-corrected chi connectivity index (χ2v) is 10.7. The standard InChI is InChI=1S/C23H30N4O3S/c28-23(25-20-9-12-26(13-10-20)18-21-8-4-5-11-24-21)22(19-6-2-1-3-7-19)27-14-16-31(29,30)17-15-27/h1-8,11,20,22H,9-10,12-18H2,(H,25,28). The Morgan fingerprint density at radius 3 is 2.32 bits per heavy atom. The van der Waals surface area contributed by atoms with Gasteiger partial charge in [-0.05, 0) is 30.5 Å². The van der Waals surface area contributed by atoms with E-state index in [0.717, 1.165) is 43.7 Å². The summed E-state index contributed by atoms with van der Waals surface area (Å²) >= 11 is 0. The zero-order valence-corrected chi connectivity index (χ0v) is 18.5. The monoisotopic (exact) mass is 442 g/mol. The van der Waals surface area contributed by atoms with Crippen LogP contribution in [0.3, 0.4) is 0 Å². The van der Waals surface area contributed by atoms with Crippen LogP contribution in [0.5, 0.6) is 0 Å². The first-order valence-electron chi connectivity index (χ1n) is 10.9. The molecule has 0 saturated carbocycles. The fraction of sp³-hybridized carbons (Fsp3) is 0.478. The van der Waals surface area contributed by atoms with Crippen LogP contribution in [-0.2, 0) is 21.2 Å². The van der Waals surface area contributed by atoms with Gasteiger partial charge >= 0.3 is 0 Å². The normalized spacial score (nSPS) is 21.4. The Bertz CT molecular complexity index is 947. The van der Waals surface area contributed by atoms with Crippen LogP contribution in [0.25, 0.3) is 0 Å². The number of nitrogens with zero attached hydrogens (tertiary/aromatic N) is 3. The van der Waals surface area contributed by atoms with E-state index in [2.05, 4.69) is 15.2 Å². The molecule has 1 unspecified atom stereocenters. The summed E-state index contributed by atoms with van der Waals surface area (Å²) in [6.07, 6.45) is 3.61. The topological polar surface area (TPSA) is 82.6 Å². The van der Waals surface area contributed by atoms with Crippen LogP contribution in [0.2, 0.25) is 0 Å². The van der Waals surface area contributed by atoms with Crippen LogP contribution in [0.1, 0.15) is 30.1 Å². The van der Waals surface area contributed by atoms with Crippen molar-refractivity contribution in [1.82, 2.24) is 20.1 Å². The molecule has 2 aliphatic heterocycles. The van der Waals surface area contributed by atoms with Crippen molar-refractivity contribution in [3.05, 3.63) is 66.0 Å². The quantitative estimate of drug-likeness (QED) is 0.732. The van der Waals surface area contributed by atoms with Gasteiger partial charge in [0.15, 0.2) is 9.84 Å². The number of carbonyl (C=O) groups excluding carboxylic acids is 1. The summed E-state index contributed by atoms with van der Waals surface area (Å²) in [7, 11) is -3.00. The molecule has 7 nitrogen and oxygen atoms in total. The molecule has 1 N–H and O–H groups in total. The van der Waals surface area contributed by atoms with Crippen LogP contribution in [0, 0.1) is 0 Å². The molecule has 1 aromatic heterocycles. The van der Waals surface area contributed by atoms with Gasteiger partial charge in [0.25, 0.3) is 0 Å². The van der Waals surface area contributed by atoms with Gasteiger partial charge in [0, 0.05) is 45.0 Å². The molecule has 31 heavy (non-hydrogen) atoms. The SMILES string of the molecule is O=C(NC1CCN(Cc2ccccn2)CC1)C(c1ccccc1)N1CCS(=O)(=O)CC1. The second kappa shape index (κ2) is 9.89. The molecule has 0 spiro atoms. The van der Waals surface area contributed by atoms with Crippen molar-refractivity contribution in [1.29, 1.82) is 0 Å². The summed E-state index contributed by atoms with van der Waals surface area (Å²) in [6.45, 7) is 3.44. The molecule has 1 amide bonds. The number of nitrogens with one attached hydrogen (secondary N) is 1. The van der Waals surface area contributed by atoms with Gasteiger partial charge in [-0.1, -0.05) is 36.4 Å². The van der Waals surface area contributed by atoms with Crippen molar-refractivity contribution in [3.8, 4) is 0 Å². The lowest BCUT2D eigenvalue weighted by atomic mass is 10.0. The molecular formula is C23H30N4O3S. The Kier molecular flexibility index (Phi) is 6.99. The highest BCUT2D eigenvalue weighted by atomic mass is 32.2. The molecule has 166 valence electrons. The zero-order chi connectivity index (χ0) is 21.7. The van der Waals surface area contributed by atoms with Crippen molar-refractivity contribution in [3.63, 3.8) is 0 Å². The second-order valence-electron chi connectivity index (χ2n) is 8.38. The number of aromatic nitrogens is 1. The van der Waals surface area contributed by atoms with Crippen molar-refractivity contribution in [2.45, 2.75) is 31.5 Å². The van der Waals surface area contributed by atoms with Crippen molar-refractivity contribution in [2.24, 2.45) is 0 Å². The summed E-state index contributed by atoms with van der Waals surface area (Å²) in [5.74, 6) is 0.180. The number of sulfone groups is 1. The molecule has 0 bridgehead atoms. The molecule has 1 atom stereocenters. The number of pyridine rings is 1. The van der Waals surface area contributed by atoms with Gasteiger partial charge < -0.3 is 5.32 Å². The van der Waals surface area contributed by atoms with E-state index in [-0.39, 0.29) is 23.5 Å².